The van der Waals surface area contributed by atoms with E-state index in [0.29, 0.717) is 13.1 Å². The Morgan fingerprint density at radius 3 is 2.35 bits per heavy atom. The number of hydrogen-bond donors (Lipinski definition) is 4. The predicted octanol–water partition coefficient (Wildman–Crippen LogP) is -2.11. The SMILES string of the molecule is CN1CCN(NC(=O)N[C@@H](CO)C(=O)O)CC1. The Morgan fingerprint density at radius 1 is 1.29 bits per heavy atom. The van der Waals surface area contributed by atoms with Gasteiger partial charge >= 0.3 is 12.0 Å². The largest absolute Gasteiger partial charge is 0.480 e. The van der Waals surface area contributed by atoms with Gasteiger partial charge in [-0.15, -0.1) is 0 Å². The van der Waals surface area contributed by atoms with Crippen molar-refractivity contribution in [1.82, 2.24) is 20.7 Å². The van der Waals surface area contributed by atoms with Crippen LogP contribution >= 0.6 is 0 Å². The van der Waals surface area contributed by atoms with Crippen LogP contribution in [0.2, 0.25) is 0 Å². The normalized spacial score (nSPS) is 19.6. The number of hydrazine groups is 1. The van der Waals surface area contributed by atoms with Crippen LogP contribution in [0, 0.1) is 0 Å². The molecule has 0 aliphatic carbocycles. The van der Waals surface area contributed by atoms with Gasteiger partial charge in [-0.05, 0) is 7.05 Å². The summed E-state index contributed by atoms with van der Waals surface area (Å²) in [7, 11) is 1.99. The van der Waals surface area contributed by atoms with E-state index in [4.69, 9.17) is 10.2 Å². The second-order valence-electron chi connectivity index (χ2n) is 3.95. The molecule has 0 radical (unpaired) electrons. The van der Waals surface area contributed by atoms with E-state index in [9.17, 15) is 9.59 Å². The molecule has 0 unspecified atom stereocenters. The molecule has 1 rings (SSSR count). The molecule has 0 aromatic heterocycles. The molecule has 8 nitrogen and oxygen atoms in total. The number of aliphatic carboxylic acids is 1. The van der Waals surface area contributed by atoms with E-state index in [2.05, 4.69) is 15.6 Å². The Morgan fingerprint density at radius 2 is 1.88 bits per heavy atom. The number of carboxylic acid groups (broad SMARTS) is 1. The fourth-order valence-electron chi connectivity index (χ4n) is 1.44. The van der Waals surface area contributed by atoms with Crippen molar-refractivity contribution in [3.63, 3.8) is 0 Å². The first-order chi connectivity index (χ1) is 8.02. The van der Waals surface area contributed by atoms with Gasteiger partial charge in [-0.1, -0.05) is 0 Å². The molecule has 1 aliphatic rings. The Kier molecular flexibility index (Phi) is 5.13. The topological polar surface area (TPSA) is 105 Å². The zero-order valence-corrected chi connectivity index (χ0v) is 9.72. The van der Waals surface area contributed by atoms with Crippen molar-refractivity contribution in [2.45, 2.75) is 6.04 Å². The lowest BCUT2D eigenvalue weighted by atomic mass is 10.3. The summed E-state index contributed by atoms with van der Waals surface area (Å²) in [6.07, 6.45) is 0. The fraction of sp³-hybridized carbons (Fsp3) is 0.778. The van der Waals surface area contributed by atoms with Crippen molar-refractivity contribution in [1.29, 1.82) is 0 Å². The van der Waals surface area contributed by atoms with Gasteiger partial charge in [0.1, 0.15) is 0 Å². The first-order valence-electron chi connectivity index (χ1n) is 5.37. The van der Waals surface area contributed by atoms with Crippen LogP contribution in [0.1, 0.15) is 0 Å². The smallest absolute Gasteiger partial charge is 0.330 e. The highest BCUT2D eigenvalue weighted by Gasteiger charge is 2.21. The van der Waals surface area contributed by atoms with Crippen LogP contribution in [0.5, 0.6) is 0 Å². The quantitative estimate of drug-likeness (QED) is 0.452. The third kappa shape index (κ3) is 4.55. The fourth-order valence-corrected chi connectivity index (χ4v) is 1.44. The van der Waals surface area contributed by atoms with Gasteiger partial charge in [0.05, 0.1) is 6.61 Å². The molecule has 17 heavy (non-hydrogen) atoms. The van der Waals surface area contributed by atoms with Crippen LogP contribution in [-0.2, 0) is 4.79 Å². The van der Waals surface area contributed by atoms with Gasteiger partial charge in [-0.2, -0.15) is 0 Å². The average Bonchev–Trinajstić information content (AvgIpc) is 2.28. The minimum absolute atomic E-state index is 0.615. The van der Waals surface area contributed by atoms with Crippen molar-refractivity contribution in [2.75, 3.05) is 39.8 Å². The molecule has 0 saturated carbocycles. The van der Waals surface area contributed by atoms with Crippen molar-refractivity contribution >= 4 is 12.0 Å². The van der Waals surface area contributed by atoms with E-state index in [0.717, 1.165) is 13.1 Å². The van der Waals surface area contributed by atoms with E-state index in [1.807, 2.05) is 7.05 Å². The van der Waals surface area contributed by atoms with E-state index >= 15 is 0 Å². The maximum Gasteiger partial charge on any atom is 0.330 e. The van der Waals surface area contributed by atoms with Gasteiger partial charge in [0, 0.05) is 26.2 Å². The summed E-state index contributed by atoms with van der Waals surface area (Å²) >= 11 is 0. The van der Waals surface area contributed by atoms with Crippen molar-refractivity contribution in [3.05, 3.63) is 0 Å². The predicted molar refractivity (Wildman–Crippen MR) is 59.2 cm³/mol. The lowest BCUT2D eigenvalue weighted by Gasteiger charge is -2.32. The number of piperazine rings is 1. The summed E-state index contributed by atoms with van der Waals surface area (Å²) in [5.41, 5.74) is 2.54. The molecule has 1 atom stereocenters. The van der Waals surface area contributed by atoms with Crippen LogP contribution in [0.15, 0.2) is 0 Å². The van der Waals surface area contributed by atoms with Crippen LogP contribution < -0.4 is 10.7 Å². The number of carbonyl (C=O) groups is 2. The van der Waals surface area contributed by atoms with E-state index in [1.54, 1.807) is 5.01 Å². The summed E-state index contributed by atoms with van der Waals surface area (Å²) < 4.78 is 0. The van der Waals surface area contributed by atoms with Crippen molar-refractivity contribution in [3.8, 4) is 0 Å². The molecule has 4 N–H and O–H groups in total. The molecule has 2 amide bonds. The molecule has 98 valence electrons. The molecule has 1 saturated heterocycles. The second kappa shape index (κ2) is 6.38. The molecular weight excluding hydrogens is 228 g/mol. The van der Waals surface area contributed by atoms with Gasteiger partial charge in [-0.25, -0.2) is 14.6 Å². The summed E-state index contributed by atoms with van der Waals surface area (Å²) in [4.78, 5) is 24.1. The standard InChI is InChI=1S/C9H18N4O4/c1-12-2-4-13(5-3-12)11-9(17)10-7(6-14)8(15)16/h7,14H,2-6H2,1H3,(H,15,16)(H2,10,11,17)/t7-/m0/s1. The van der Waals surface area contributed by atoms with Crippen LogP contribution in [0.3, 0.4) is 0 Å². The van der Waals surface area contributed by atoms with E-state index in [1.165, 1.54) is 0 Å². The van der Waals surface area contributed by atoms with E-state index in [-0.39, 0.29) is 0 Å². The number of rotatable bonds is 4. The molecule has 1 fully saturated rings. The Hall–Kier alpha value is -1.38. The molecule has 8 heteroatoms. The van der Waals surface area contributed by atoms with Gasteiger partial charge < -0.3 is 20.4 Å². The third-order valence-electron chi connectivity index (χ3n) is 2.55. The molecule has 1 heterocycles. The summed E-state index contributed by atoms with van der Waals surface area (Å²) in [5.74, 6) is -1.26. The number of nitrogens with one attached hydrogen (secondary N) is 2. The van der Waals surface area contributed by atoms with Crippen molar-refractivity contribution < 1.29 is 19.8 Å². The van der Waals surface area contributed by atoms with Crippen molar-refractivity contribution in [2.24, 2.45) is 0 Å². The molecule has 1 aliphatic heterocycles. The van der Waals surface area contributed by atoms with Gasteiger partial charge in [-0.3, -0.25) is 5.43 Å². The number of likely N-dealkylation sites (N-methyl/N-ethyl adjacent to an activating group) is 1. The molecule has 0 aromatic rings. The van der Waals surface area contributed by atoms with Gasteiger partial charge in [0.2, 0.25) is 0 Å². The third-order valence-corrected chi connectivity index (χ3v) is 2.55. The lowest BCUT2D eigenvalue weighted by molar-refractivity contribution is -0.140. The Labute approximate surface area is 99.2 Å². The van der Waals surface area contributed by atoms with E-state index < -0.39 is 24.6 Å². The average molecular weight is 246 g/mol. The van der Waals surface area contributed by atoms with Crippen LogP contribution in [0.4, 0.5) is 4.79 Å². The number of nitrogens with zero attached hydrogens (tertiary/aromatic N) is 2. The summed E-state index contributed by atoms with van der Waals surface area (Å²) in [5, 5.41) is 21.3. The number of aliphatic hydroxyl groups excluding tert-OH is 1. The summed E-state index contributed by atoms with van der Waals surface area (Å²) in [6, 6.07) is -1.89. The molecule has 0 bridgehead atoms. The molecule has 0 spiro atoms. The monoisotopic (exact) mass is 246 g/mol. The molecular formula is C9H18N4O4. The highest BCUT2D eigenvalue weighted by molar-refractivity contribution is 5.82. The first-order valence-corrected chi connectivity index (χ1v) is 5.37. The maximum absolute atomic E-state index is 11.4. The number of urea groups is 1. The minimum Gasteiger partial charge on any atom is -0.480 e. The van der Waals surface area contributed by atoms with Gasteiger partial charge in [0.25, 0.3) is 0 Å². The lowest BCUT2D eigenvalue weighted by Crippen LogP contribution is -2.57. The zero-order valence-electron chi connectivity index (χ0n) is 9.72. The number of carboxylic acids is 1. The molecule has 0 aromatic carbocycles. The highest BCUT2D eigenvalue weighted by atomic mass is 16.4. The van der Waals surface area contributed by atoms with Crippen LogP contribution in [0.25, 0.3) is 0 Å². The van der Waals surface area contributed by atoms with Crippen LogP contribution in [-0.4, -0.2) is 78.0 Å². The zero-order chi connectivity index (χ0) is 12.8. The maximum atomic E-state index is 11.4. The Bertz CT molecular complexity index is 278. The highest BCUT2D eigenvalue weighted by Crippen LogP contribution is 1.95. The van der Waals surface area contributed by atoms with Gasteiger partial charge in [0.15, 0.2) is 6.04 Å². The first kappa shape index (κ1) is 13.7. The number of hydrogen-bond acceptors (Lipinski definition) is 5. The minimum atomic E-state index is -1.28. The number of aliphatic hydroxyl groups is 1. The number of carbonyl (C=O) groups excluding carboxylic acids is 1. The Balaban J connectivity index is 2.31. The summed E-state index contributed by atoms with van der Waals surface area (Å²) in [6.45, 7) is 2.40. The number of amides is 2. The second-order valence-corrected chi connectivity index (χ2v) is 3.95.